The zero-order valence-corrected chi connectivity index (χ0v) is 16.7. The van der Waals surface area contributed by atoms with Crippen molar-refractivity contribution in [2.24, 2.45) is 0 Å². The Kier molecular flexibility index (Phi) is 5.67. The Labute approximate surface area is 172 Å². The van der Waals surface area contributed by atoms with Gasteiger partial charge in [0.25, 0.3) is 5.91 Å². The van der Waals surface area contributed by atoms with Crippen molar-refractivity contribution in [3.8, 4) is 22.0 Å². The molecule has 1 N–H and O–H groups in total. The summed E-state index contributed by atoms with van der Waals surface area (Å²) in [4.78, 5) is 17.1. The van der Waals surface area contributed by atoms with Crippen LogP contribution in [0.5, 0.6) is 5.75 Å². The summed E-state index contributed by atoms with van der Waals surface area (Å²) in [5.74, 6) is 0.621. The third kappa shape index (κ3) is 4.35. The first-order valence-electron chi connectivity index (χ1n) is 9.29. The van der Waals surface area contributed by atoms with Gasteiger partial charge in [0.15, 0.2) is 0 Å². The Morgan fingerprint density at radius 3 is 2.72 bits per heavy atom. The summed E-state index contributed by atoms with van der Waals surface area (Å²) in [5.41, 5.74) is 3.29. The largest absolute Gasteiger partial charge is 0.494 e. The number of thiazole rings is 1. The Bertz CT molecular complexity index is 1090. The Balaban J connectivity index is 1.44. The van der Waals surface area contributed by atoms with Gasteiger partial charge in [-0.1, -0.05) is 18.2 Å². The molecule has 4 aromatic rings. The molecule has 4 rings (SSSR count). The number of nitrogens with one attached hydrogen (secondary N) is 1. The monoisotopic (exact) mass is 404 g/mol. The molecule has 29 heavy (non-hydrogen) atoms. The van der Waals surface area contributed by atoms with Crippen LogP contribution in [-0.4, -0.2) is 27.3 Å². The predicted octanol–water partition coefficient (Wildman–Crippen LogP) is 4.32. The molecule has 0 unspecified atom stereocenters. The lowest BCUT2D eigenvalue weighted by Crippen LogP contribution is -2.23. The van der Waals surface area contributed by atoms with Gasteiger partial charge in [0, 0.05) is 29.9 Å². The van der Waals surface area contributed by atoms with E-state index in [4.69, 9.17) is 4.74 Å². The van der Waals surface area contributed by atoms with Crippen LogP contribution in [0.15, 0.2) is 72.4 Å². The van der Waals surface area contributed by atoms with Crippen molar-refractivity contribution in [2.75, 3.05) is 6.61 Å². The molecule has 2 aromatic heterocycles. The van der Waals surface area contributed by atoms with Crippen molar-refractivity contribution in [1.29, 1.82) is 0 Å². The molecule has 2 aromatic carbocycles. The molecule has 0 fully saturated rings. The summed E-state index contributed by atoms with van der Waals surface area (Å²) in [6.45, 7) is 2.97. The molecule has 0 aliphatic carbocycles. The van der Waals surface area contributed by atoms with Crippen LogP contribution in [0.1, 0.15) is 23.0 Å². The van der Waals surface area contributed by atoms with Crippen molar-refractivity contribution >= 4 is 17.2 Å². The van der Waals surface area contributed by atoms with Crippen LogP contribution in [0, 0.1) is 0 Å². The molecule has 0 saturated carbocycles. The van der Waals surface area contributed by atoms with E-state index >= 15 is 0 Å². The number of benzene rings is 2. The maximum atomic E-state index is 12.6. The van der Waals surface area contributed by atoms with Crippen molar-refractivity contribution in [1.82, 2.24) is 20.1 Å². The molecule has 1 amide bonds. The normalized spacial score (nSPS) is 10.7. The van der Waals surface area contributed by atoms with E-state index in [1.165, 1.54) is 11.3 Å². The molecule has 2 heterocycles. The highest BCUT2D eigenvalue weighted by Crippen LogP contribution is 2.26. The zero-order chi connectivity index (χ0) is 20.1. The minimum Gasteiger partial charge on any atom is -0.494 e. The smallest absolute Gasteiger partial charge is 0.271 e. The molecular formula is C22H20N4O2S. The lowest BCUT2D eigenvalue weighted by atomic mass is 10.1. The average molecular weight is 404 g/mol. The molecule has 0 atom stereocenters. The number of carbonyl (C=O) groups is 1. The molecule has 7 heteroatoms. The van der Waals surface area contributed by atoms with Crippen LogP contribution in [0.4, 0.5) is 0 Å². The molecule has 146 valence electrons. The van der Waals surface area contributed by atoms with E-state index in [1.54, 1.807) is 16.3 Å². The third-order valence-corrected chi connectivity index (χ3v) is 5.22. The number of hydrogen-bond acceptors (Lipinski definition) is 5. The molecule has 0 saturated heterocycles. The number of amides is 1. The topological polar surface area (TPSA) is 69.0 Å². The van der Waals surface area contributed by atoms with E-state index in [0.29, 0.717) is 18.8 Å². The summed E-state index contributed by atoms with van der Waals surface area (Å²) in [5, 5.41) is 9.80. The molecule has 0 aliphatic rings. The van der Waals surface area contributed by atoms with Crippen LogP contribution in [0.25, 0.3) is 16.3 Å². The van der Waals surface area contributed by atoms with Crippen molar-refractivity contribution in [2.45, 2.75) is 13.5 Å². The van der Waals surface area contributed by atoms with Gasteiger partial charge in [-0.25, -0.2) is 9.67 Å². The van der Waals surface area contributed by atoms with Gasteiger partial charge in [-0.3, -0.25) is 4.79 Å². The van der Waals surface area contributed by atoms with Crippen molar-refractivity contribution in [3.05, 3.63) is 83.6 Å². The van der Waals surface area contributed by atoms with Gasteiger partial charge in [0.2, 0.25) is 0 Å². The molecule has 0 aliphatic heterocycles. The van der Waals surface area contributed by atoms with E-state index in [1.807, 2.05) is 67.7 Å². The standard InChI is InChI=1S/C22H20N4O2S/c1-2-28-18-10-8-16(9-11-18)22-25-19(15-29-22)21(27)23-14-17-6-3-4-7-20(17)26-13-5-12-24-26/h3-13,15H,2,14H2,1H3,(H,23,27). The van der Waals surface area contributed by atoms with Crippen LogP contribution in [-0.2, 0) is 6.54 Å². The van der Waals surface area contributed by atoms with E-state index in [0.717, 1.165) is 27.6 Å². The fraction of sp³-hybridized carbons (Fsp3) is 0.136. The highest BCUT2D eigenvalue weighted by atomic mass is 32.1. The predicted molar refractivity (Wildman–Crippen MR) is 113 cm³/mol. The second-order valence-corrected chi connectivity index (χ2v) is 7.12. The first-order chi connectivity index (χ1) is 14.2. The Hall–Kier alpha value is -3.45. The van der Waals surface area contributed by atoms with Crippen LogP contribution < -0.4 is 10.1 Å². The van der Waals surface area contributed by atoms with E-state index in [2.05, 4.69) is 15.4 Å². The highest BCUT2D eigenvalue weighted by Gasteiger charge is 2.13. The maximum absolute atomic E-state index is 12.6. The fourth-order valence-corrected chi connectivity index (χ4v) is 3.74. The lowest BCUT2D eigenvalue weighted by molar-refractivity contribution is 0.0946. The number of carbonyl (C=O) groups excluding carboxylic acids is 1. The van der Waals surface area contributed by atoms with Gasteiger partial charge >= 0.3 is 0 Å². The van der Waals surface area contributed by atoms with Gasteiger partial charge in [-0.2, -0.15) is 5.10 Å². The molecule has 6 nitrogen and oxygen atoms in total. The SMILES string of the molecule is CCOc1ccc(-c2nc(C(=O)NCc3ccccc3-n3cccn3)cs2)cc1. The second kappa shape index (κ2) is 8.70. The zero-order valence-electron chi connectivity index (χ0n) is 15.9. The van der Waals surface area contributed by atoms with Crippen LogP contribution in [0.2, 0.25) is 0 Å². The first kappa shape index (κ1) is 18.9. The summed E-state index contributed by atoms with van der Waals surface area (Å²) >= 11 is 1.45. The summed E-state index contributed by atoms with van der Waals surface area (Å²) in [6.07, 6.45) is 3.61. The van der Waals surface area contributed by atoms with Crippen molar-refractivity contribution < 1.29 is 9.53 Å². The van der Waals surface area contributed by atoms with E-state index in [-0.39, 0.29) is 5.91 Å². The Morgan fingerprint density at radius 2 is 1.97 bits per heavy atom. The maximum Gasteiger partial charge on any atom is 0.271 e. The van der Waals surface area contributed by atoms with E-state index < -0.39 is 0 Å². The van der Waals surface area contributed by atoms with Gasteiger partial charge in [-0.15, -0.1) is 11.3 Å². The van der Waals surface area contributed by atoms with Gasteiger partial charge in [0.1, 0.15) is 16.5 Å². The van der Waals surface area contributed by atoms with E-state index in [9.17, 15) is 4.79 Å². The Morgan fingerprint density at radius 1 is 1.14 bits per heavy atom. The number of nitrogens with zero attached hydrogens (tertiary/aromatic N) is 3. The average Bonchev–Trinajstić information content (AvgIpc) is 3.45. The number of hydrogen-bond donors (Lipinski definition) is 1. The number of rotatable bonds is 7. The lowest BCUT2D eigenvalue weighted by Gasteiger charge is -2.10. The molecular weight excluding hydrogens is 384 g/mol. The van der Waals surface area contributed by atoms with Crippen LogP contribution in [0.3, 0.4) is 0 Å². The summed E-state index contributed by atoms with van der Waals surface area (Å²) in [6, 6.07) is 17.4. The minimum absolute atomic E-state index is 0.200. The van der Waals surface area contributed by atoms with Gasteiger partial charge in [0.05, 0.1) is 12.3 Å². The second-order valence-electron chi connectivity index (χ2n) is 6.26. The third-order valence-electron chi connectivity index (χ3n) is 4.33. The number of para-hydroxylation sites is 1. The number of aromatic nitrogens is 3. The van der Waals surface area contributed by atoms with Gasteiger partial charge < -0.3 is 10.1 Å². The molecule has 0 radical (unpaired) electrons. The fourth-order valence-electron chi connectivity index (χ4n) is 2.93. The quantitative estimate of drug-likeness (QED) is 0.498. The van der Waals surface area contributed by atoms with Crippen molar-refractivity contribution in [3.63, 3.8) is 0 Å². The highest BCUT2D eigenvalue weighted by molar-refractivity contribution is 7.13. The summed E-state index contributed by atoms with van der Waals surface area (Å²) in [7, 11) is 0. The molecule has 0 bridgehead atoms. The molecule has 0 spiro atoms. The first-order valence-corrected chi connectivity index (χ1v) is 10.2. The number of ether oxygens (including phenoxy) is 1. The van der Waals surface area contributed by atoms with Gasteiger partial charge in [-0.05, 0) is 48.9 Å². The summed E-state index contributed by atoms with van der Waals surface area (Å²) < 4.78 is 7.25. The minimum atomic E-state index is -0.200. The van der Waals surface area contributed by atoms with Crippen LogP contribution >= 0.6 is 11.3 Å².